The zero-order valence-electron chi connectivity index (χ0n) is 34.2. The van der Waals surface area contributed by atoms with Gasteiger partial charge in [-0.05, 0) is 152 Å². The summed E-state index contributed by atoms with van der Waals surface area (Å²) in [7, 11) is 2.25. The highest BCUT2D eigenvalue weighted by Gasteiger charge is 2.34. The van der Waals surface area contributed by atoms with Gasteiger partial charge in [-0.25, -0.2) is 9.97 Å². The Balaban J connectivity index is 0.000000159. The fourth-order valence-corrected chi connectivity index (χ4v) is 10.2. The molecular weight excluding hydrogens is 732 g/mol. The molecule has 2 aliphatic carbocycles. The number of allylic oxidation sites excluding steroid dienone is 2. The summed E-state index contributed by atoms with van der Waals surface area (Å²) in [5, 5.41) is 3.54. The number of aryl methyl sites for hydroxylation is 2. The number of piperidine rings is 2. The average molecular weight is 790 g/mol. The average Bonchev–Trinajstić information content (AvgIpc) is 3.78. The van der Waals surface area contributed by atoms with Crippen LogP contribution >= 0.6 is 12.4 Å². The number of nitrogens with one attached hydrogen (secondary N) is 1. The maximum absolute atomic E-state index is 4.43. The lowest BCUT2D eigenvalue weighted by Gasteiger charge is -2.35. The number of likely N-dealkylation sites (tertiary alicyclic amines) is 1. The van der Waals surface area contributed by atoms with E-state index < -0.39 is 0 Å². The zero-order valence-corrected chi connectivity index (χ0v) is 35.0. The van der Waals surface area contributed by atoms with E-state index in [2.05, 4.69) is 172 Å². The first kappa shape index (κ1) is 39.8. The van der Waals surface area contributed by atoms with E-state index in [0.29, 0.717) is 23.7 Å². The Hall–Kier alpha value is -5.01. The van der Waals surface area contributed by atoms with Gasteiger partial charge in [0.1, 0.15) is 11.6 Å². The SMILES string of the molecule is Cc1nccn1CC1=Cc2ccccc2C(C2CCN(C)CC2)c2ccccc21.Cc1nccn1CC1=Cc2ccccc2C(C2CCNCC2)c2ccccc21.Cl. The first-order chi connectivity index (χ1) is 28.0. The van der Waals surface area contributed by atoms with Crippen LogP contribution in [0.2, 0.25) is 0 Å². The van der Waals surface area contributed by atoms with E-state index in [9.17, 15) is 0 Å². The van der Waals surface area contributed by atoms with Gasteiger partial charge in [0.2, 0.25) is 0 Å². The Morgan fingerprint density at radius 1 is 0.552 bits per heavy atom. The molecule has 10 rings (SSSR count). The van der Waals surface area contributed by atoms with Crippen molar-refractivity contribution in [3.05, 3.63) is 178 Å². The minimum atomic E-state index is 0. The van der Waals surface area contributed by atoms with Crippen molar-refractivity contribution in [2.24, 2.45) is 11.8 Å². The molecule has 0 spiro atoms. The van der Waals surface area contributed by atoms with Gasteiger partial charge in [-0.2, -0.15) is 0 Å². The molecule has 0 saturated carbocycles. The van der Waals surface area contributed by atoms with Crippen molar-refractivity contribution in [3.63, 3.8) is 0 Å². The topological polar surface area (TPSA) is 50.9 Å². The van der Waals surface area contributed by atoms with Crippen LogP contribution in [0, 0.1) is 25.7 Å². The van der Waals surface area contributed by atoms with E-state index in [1.165, 1.54) is 94.4 Å². The lowest BCUT2D eigenvalue weighted by atomic mass is 9.74. The maximum Gasteiger partial charge on any atom is 0.105 e. The Morgan fingerprint density at radius 3 is 1.41 bits per heavy atom. The van der Waals surface area contributed by atoms with Crippen molar-refractivity contribution in [1.29, 1.82) is 0 Å². The molecule has 6 nitrogen and oxygen atoms in total. The molecule has 1 N–H and O–H groups in total. The number of benzene rings is 4. The number of rotatable bonds is 6. The lowest BCUT2D eigenvalue weighted by molar-refractivity contribution is 0.207. The van der Waals surface area contributed by atoms with Crippen LogP contribution in [0.25, 0.3) is 23.3 Å². The highest BCUT2D eigenvalue weighted by Crippen LogP contribution is 2.46. The van der Waals surface area contributed by atoms with Gasteiger partial charge in [-0.3, -0.25) is 0 Å². The van der Waals surface area contributed by atoms with Crippen molar-refractivity contribution in [2.75, 3.05) is 33.2 Å². The first-order valence-electron chi connectivity index (χ1n) is 21.1. The Kier molecular flexibility index (Phi) is 12.3. The number of imidazole rings is 2. The number of aromatic nitrogens is 4. The van der Waals surface area contributed by atoms with Gasteiger partial charge >= 0.3 is 0 Å². The number of fused-ring (bicyclic) bond motifs is 4. The van der Waals surface area contributed by atoms with Gasteiger partial charge in [-0.1, -0.05) is 97.1 Å². The molecule has 4 aromatic carbocycles. The van der Waals surface area contributed by atoms with Crippen LogP contribution in [-0.2, 0) is 13.1 Å². The summed E-state index contributed by atoms with van der Waals surface area (Å²) in [4.78, 5) is 11.3. The van der Waals surface area contributed by atoms with Crippen LogP contribution in [0.4, 0.5) is 0 Å². The van der Waals surface area contributed by atoms with Crippen LogP contribution in [0.15, 0.2) is 122 Å². The van der Waals surface area contributed by atoms with Crippen molar-refractivity contribution in [1.82, 2.24) is 29.3 Å². The summed E-state index contributed by atoms with van der Waals surface area (Å²) < 4.78 is 4.50. The number of nitrogens with zero attached hydrogens (tertiary/aromatic N) is 5. The van der Waals surface area contributed by atoms with E-state index in [-0.39, 0.29) is 12.4 Å². The van der Waals surface area contributed by atoms with E-state index in [4.69, 9.17) is 0 Å². The van der Waals surface area contributed by atoms with E-state index in [0.717, 1.165) is 37.8 Å². The molecule has 2 fully saturated rings. The molecule has 7 heteroatoms. The summed E-state index contributed by atoms with van der Waals surface area (Å²) in [6, 6.07) is 36.2. The molecule has 0 radical (unpaired) electrons. The molecule has 2 aromatic heterocycles. The molecule has 0 bridgehead atoms. The Morgan fingerprint density at radius 2 is 0.966 bits per heavy atom. The third kappa shape index (κ3) is 8.16. The molecule has 2 unspecified atom stereocenters. The molecule has 298 valence electrons. The predicted molar refractivity (Wildman–Crippen MR) is 242 cm³/mol. The van der Waals surface area contributed by atoms with E-state index in [1.807, 2.05) is 12.4 Å². The van der Waals surface area contributed by atoms with Crippen LogP contribution in [0.1, 0.15) is 93.7 Å². The van der Waals surface area contributed by atoms with Crippen LogP contribution in [-0.4, -0.2) is 57.2 Å². The van der Waals surface area contributed by atoms with Crippen molar-refractivity contribution in [3.8, 4) is 0 Å². The van der Waals surface area contributed by atoms with E-state index in [1.54, 1.807) is 0 Å². The third-order valence-corrected chi connectivity index (χ3v) is 13.2. The van der Waals surface area contributed by atoms with Gasteiger partial charge in [0.25, 0.3) is 0 Å². The summed E-state index contributed by atoms with van der Waals surface area (Å²) in [5.41, 5.74) is 14.3. The van der Waals surface area contributed by atoms with Crippen molar-refractivity contribution >= 4 is 35.7 Å². The van der Waals surface area contributed by atoms with E-state index >= 15 is 0 Å². The number of hydrogen-bond acceptors (Lipinski definition) is 4. The second kappa shape index (κ2) is 17.9. The standard InChI is InChI=1S/C26H29N3.C25H27N3.ClH/c1-19-27-13-16-29(19)18-22-17-21-7-3-4-9-24(21)26(20-11-14-28(2)15-12-20)25-10-6-5-8-23(22)25;1-18-27-14-15-28(18)17-21-16-20-6-2-3-8-23(20)25(19-10-12-26-13-11-19)24-9-5-4-7-22(21)24;/h3-10,13,16-17,20,26H,11-12,14-15,18H2,1-2H3;2-9,14-16,19,25-26H,10-13,17H2,1H3;1H. The van der Waals surface area contributed by atoms with Gasteiger partial charge in [0, 0.05) is 49.7 Å². The fraction of sp³-hybridized carbons (Fsp3) is 0.333. The van der Waals surface area contributed by atoms with Crippen LogP contribution in [0.5, 0.6) is 0 Å². The summed E-state index contributed by atoms with van der Waals surface area (Å²) in [5.74, 6) is 4.43. The fourth-order valence-electron chi connectivity index (χ4n) is 10.2. The molecule has 58 heavy (non-hydrogen) atoms. The highest BCUT2D eigenvalue weighted by atomic mass is 35.5. The van der Waals surface area contributed by atoms with Gasteiger partial charge in [-0.15, -0.1) is 12.4 Å². The first-order valence-corrected chi connectivity index (χ1v) is 21.1. The lowest BCUT2D eigenvalue weighted by Crippen LogP contribution is -2.33. The molecule has 2 aliphatic heterocycles. The van der Waals surface area contributed by atoms with Gasteiger partial charge in [0.05, 0.1) is 0 Å². The van der Waals surface area contributed by atoms with Gasteiger partial charge < -0.3 is 19.4 Å². The smallest absolute Gasteiger partial charge is 0.105 e. The highest BCUT2D eigenvalue weighted by molar-refractivity contribution is 5.87. The van der Waals surface area contributed by atoms with Gasteiger partial charge in [0.15, 0.2) is 0 Å². The minimum Gasteiger partial charge on any atom is -0.331 e. The monoisotopic (exact) mass is 788 g/mol. The molecule has 2 atom stereocenters. The maximum atomic E-state index is 4.43. The predicted octanol–water partition coefficient (Wildman–Crippen LogP) is 10.5. The minimum absolute atomic E-state index is 0. The molecular formula is C51H57ClN6. The molecule has 6 aromatic rings. The quantitative estimate of drug-likeness (QED) is 0.183. The van der Waals surface area contributed by atoms with Crippen molar-refractivity contribution < 1.29 is 0 Å². The van der Waals surface area contributed by atoms with Crippen LogP contribution < -0.4 is 5.32 Å². The Bertz CT molecular complexity index is 2390. The van der Waals surface area contributed by atoms with Crippen molar-refractivity contribution in [2.45, 2.75) is 64.5 Å². The summed E-state index contributed by atoms with van der Waals surface area (Å²) in [6.45, 7) is 10.5. The second-order valence-corrected chi connectivity index (χ2v) is 16.7. The second-order valence-electron chi connectivity index (χ2n) is 16.7. The molecule has 2 saturated heterocycles. The Labute approximate surface area is 351 Å². The van der Waals surface area contributed by atoms with Crippen LogP contribution in [0.3, 0.4) is 0 Å². The molecule has 4 heterocycles. The normalized spacial score (nSPS) is 19.4. The molecule has 4 aliphatic rings. The largest absolute Gasteiger partial charge is 0.331 e. The molecule has 0 amide bonds. The summed E-state index contributed by atoms with van der Waals surface area (Å²) >= 11 is 0. The third-order valence-electron chi connectivity index (χ3n) is 13.2. The number of halogens is 1. The number of hydrogen-bond donors (Lipinski definition) is 1. The zero-order chi connectivity index (χ0) is 38.7. The summed E-state index contributed by atoms with van der Waals surface area (Å²) in [6.07, 6.45) is 17.8.